The Kier molecular flexibility index (Phi) is 6.45. The third-order valence-corrected chi connectivity index (χ3v) is 6.42. The fourth-order valence-corrected chi connectivity index (χ4v) is 4.54. The Morgan fingerprint density at radius 1 is 1.17 bits per heavy atom. The quantitative estimate of drug-likeness (QED) is 0.358. The van der Waals surface area contributed by atoms with Gasteiger partial charge in [-0.2, -0.15) is 10.2 Å². The predicted molar refractivity (Wildman–Crippen MR) is 131 cm³/mol. The minimum absolute atomic E-state index is 0.0150. The van der Waals surface area contributed by atoms with Crippen molar-refractivity contribution in [3.05, 3.63) is 71.4 Å². The van der Waals surface area contributed by atoms with Crippen molar-refractivity contribution in [3.63, 3.8) is 0 Å². The van der Waals surface area contributed by atoms with Crippen LogP contribution in [0.4, 0.5) is 16.0 Å². The van der Waals surface area contributed by atoms with Gasteiger partial charge in [0.2, 0.25) is 5.91 Å². The topological polar surface area (TPSA) is 126 Å². The summed E-state index contributed by atoms with van der Waals surface area (Å²) >= 11 is 0. The number of H-pyrrole nitrogens is 1. The normalized spacial score (nSPS) is 18.2. The minimum Gasteiger partial charge on any atom is -0.349 e. The first kappa shape index (κ1) is 23.6. The molecule has 4 heterocycles. The maximum Gasteiger partial charge on any atom is 0.223 e. The van der Waals surface area contributed by atoms with Crippen LogP contribution in [0.2, 0.25) is 0 Å². The van der Waals surface area contributed by atoms with Crippen molar-refractivity contribution < 1.29 is 9.18 Å². The number of anilines is 2. The maximum atomic E-state index is 13.2. The predicted octanol–water partition coefficient (Wildman–Crippen LogP) is 4.04. The van der Waals surface area contributed by atoms with Crippen LogP contribution in [0, 0.1) is 25.6 Å². The van der Waals surface area contributed by atoms with Gasteiger partial charge in [-0.3, -0.25) is 9.89 Å². The molecule has 0 aliphatic heterocycles. The minimum atomic E-state index is -0.423. The molecule has 36 heavy (non-hydrogen) atoms. The van der Waals surface area contributed by atoms with Crippen molar-refractivity contribution in [1.82, 2.24) is 40.2 Å². The van der Waals surface area contributed by atoms with Gasteiger partial charge in [0, 0.05) is 41.6 Å². The Morgan fingerprint density at radius 2 is 2.03 bits per heavy atom. The summed E-state index contributed by atoms with van der Waals surface area (Å²) in [7, 11) is 0. The van der Waals surface area contributed by atoms with Crippen LogP contribution < -0.4 is 10.6 Å². The molecule has 0 bridgehead atoms. The van der Waals surface area contributed by atoms with Crippen LogP contribution in [0.25, 0.3) is 5.82 Å². The van der Waals surface area contributed by atoms with Crippen LogP contribution >= 0.6 is 0 Å². The molecule has 3 N–H and O–H groups in total. The summed E-state index contributed by atoms with van der Waals surface area (Å²) in [4.78, 5) is 26.7. The number of carbonyl (C=O) groups excluding carboxylic acids is 1. The van der Waals surface area contributed by atoms with Gasteiger partial charge < -0.3 is 10.6 Å². The van der Waals surface area contributed by atoms with Crippen LogP contribution in [0.3, 0.4) is 0 Å². The molecule has 11 heteroatoms. The fourth-order valence-electron chi connectivity index (χ4n) is 4.54. The van der Waals surface area contributed by atoms with E-state index in [4.69, 9.17) is 4.98 Å². The number of aromatic nitrogens is 7. The molecule has 1 amide bonds. The van der Waals surface area contributed by atoms with Crippen LogP contribution in [-0.4, -0.2) is 40.8 Å². The Balaban J connectivity index is 1.20. The van der Waals surface area contributed by atoms with Crippen molar-refractivity contribution in [2.24, 2.45) is 5.92 Å². The number of aryl methyl sites for hydroxylation is 2. The molecule has 3 atom stereocenters. The Hall–Kier alpha value is -4.15. The van der Waals surface area contributed by atoms with E-state index < -0.39 is 5.82 Å². The van der Waals surface area contributed by atoms with E-state index in [9.17, 15) is 9.18 Å². The van der Waals surface area contributed by atoms with Crippen LogP contribution in [0.5, 0.6) is 0 Å². The number of hydrogen-bond donors (Lipinski definition) is 3. The zero-order chi connectivity index (χ0) is 25.2. The SMILES string of the molecule is Cc1cc(Nc2cc(C)[nH]n2)nc([C@@H]2CC[C@H](C(=O)N[C@@H](C)c3ccc(-n4cc(F)cn4)nc3)C2)n1. The molecule has 0 saturated heterocycles. The van der Waals surface area contributed by atoms with E-state index in [-0.39, 0.29) is 23.8 Å². The van der Waals surface area contributed by atoms with Gasteiger partial charge in [-0.15, -0.1) is 0 Å². The second kappa shape index (κ2) is 9.84. The highest BCUT2D eigenvalue weighted by molar-refractivity contribution is 5.79. The highest BCUT2D eigenvalue weighted by Gasteiger charge is 2.33. The summed E-state index contributed by atoms with van der Waals surface area (Å²) in [5.74, 6) is 2.26. The lowest BCUT2D eigenvalue weighted by Gasteiger charge is -2.18. The van der Waals surface area contributed by atoms with Crippen molar-refractivity contribution in [2.45, 2.75) is 52.0 Å². The average molecular weight is 490 g/mol. The lowest BCUT2D eigenvalue weighted by molar-refractivity contribution is -0.125. The Bertz CT molecular complexity index is 1360. The van der Waals surface area contributed by atoms with Crippen LogP contribution in [0.1, 0.15) is 60.9 Å². The van der Waals surface area contributed by atoms with E-state index in [0.29, 0.717) is 23.9 Å². The third-order valence-electron chi connectivity index (χ3n) is 6.42. The molecule has 10 nitrogen and oxygen atoms in total. The Labute approximate surface area is 207 Å². The molecule has 0 radical (unpaired) electrons. The molecule has 4 aromatic rings. The van der Waals surface area contributed by atoms with Gasteiger partial charge in [0.15, 0.2) is 17.5 Å². The number of hydrogen-bond acceptors (Lipinski definition) is 7. The summed E-state index contributed by atoms with van der Waals surface area (Å²) in [6.07, 6.45) is 6.40. The zero-order valence-electron chi connectivity index (χ0n) is 20.4. The van der Waals surface area contributed by atoms with Crippen LogP contribution in [-0.2, 0) is 4.79 Å². The number of nitrogens with one attached hydrogen (secondary N) is 3. The molecule has 5 rings (SSSR count). The highest BCUT2D eigenvalue weighted by atomic mass is 19.1. The third kappa shape index (κ3) is 5.24. The van der Waals surface area contributed by atoms with E-state index >= 15 is 0 Å². The van der Waals surface area contributed by atoms with Gasteiger partial charge in [-0.05, 0) is 51.7 Å². The second-order valence-electron chi connectivity index (χ2n) is 9.30. The largest absolute Gasteiger partial charge is 0.349 e. The summed E-state index contributed by atoms with van der Waals surface area (Å²) in [6, 6.07) is 7.20. The van der Waals surface area contributed by atoms with Gasteiger partial charge in [0.25, 0.3) is 0 Å². The molecule has 1 aliphatic rings. The molecule has 186 valence electrons. The highest BCUT2D eigenvalue weighted by Crippen LogP contribution is 2.37. The van der Waals surface area contributed by atoms with E-state index in [0.717, 1.165) is 41.8 Å². The molecule has 4 aromatic heterocycles. The standard InChI is InChI=1S/C25H28FN9O/c1-14-8-21(31-22-9-15(2)33-34-22)32-24(29-14)17-4-5-18(10-17)25(36)30-16(3)19-6-7-23(27-11-19)35-13-20(26)12-28-35/h6-9,11-13,16-18H,4-5,10H2,1-3H3,(H,30,36)(H2,29,31,32,33,34)/t16-,17+,18-/m0/s1. The van der Waals surface area contributed by atoms with Gasteiger partial charge in [-0.1, -0.05) is 6.07 Å². The summed E-state index contributed by atoms with van der Waals surface area (Å²) in [5.41, 5.74) is 2.69. The summed E-state index contributed by atoms with van der Waals surface area (Å²) < 4.78 is 14.6. The molecule has 1 saturated carbocycles. The van der Waals surface area contributed by atoms with E-state index in [1.54, 1.807) is 12.3 Å². The fraction of sp³-hybridized carbons (Fsp3) is 0.360. The number of halogens is 1. The first-order chi connectivity index (χ1) is 17.3. The van der Waals surface area contributed by atoms with Gasteiger partial charge in [0.05, 0.1) is 18.4 Å². The van der Waals surface area contributed by atoms with Gasteiger partial charge in [0.1, 0.15) is 11.6 Å². The van der Waals surface area contributed by atoms with Crippen LogP contribution in [0.15, 0.2) is 42.9 Å². The van der Waals surface area contributed by atoms with Crippen molar-refractivity contribution in [2.75, 3.05) is 5.32 Å². The Morgan fingerprint density at radius 3 is 2.72 bits per heavy atom. The van der Waals surface area contributed by atoms with Gasteiger partial charge >= 0.3 is 0 Å². The van der Waals surface area contributed by atoms with E-state index in [1.165, 1.54) is 10.9 Å². The monoisotopic (exact) mass is 489 g/mol. The smallest absolute Gasteiger partial charge is 0.223 e. The first-order valence-corrected chi connectivity index (χ1v) is 12.0. The summed E-state index contributed by atoms with van der Waals surface area (Å²) in [6.45, 7) is 5.80. The van der Waals surface area contributed by atoms with Crippen molar-refractivity contribution in [3.8, 4) is 5.82 Å². The number of aromatic amines is 1. The first-order valence-electron chi connectivity index (χ1n) is 12.0. The lowest BCUT2D eigenvalue weighted by atomic mass is 10.0. The zero-order valence-corrected chi connectivity index (χ0v) is 20.4. The molecular formula is C25H28FN9O. The van der Waals surface area contributed by atoms with E-state index in [2.05, 4.69) is 35.9 Å². The van der Waals surface area contributed by atoms with Crippen molar-refractivity contribution >= 4 is 17.5 Å². The molecule has 0 unspecified atom stereocenters. The summed E-state index contributed by atoms with van der Waals surface area (Å²) in [5, 5.41) is 17.4. The maximum absolute atomic E-state index is 13.2. The number of amides is 1. The second-order valence-corrected chi connectivity index (χ2v) is 9.30. The molecule has 0 spiro atoms. The number of rotatable bonds is 7. The number of nitrogens with zero attached hydrogens (tertiary/aromatic N) is 6. The molecule has 1 fully saturated rings. The molecule has 0 aromatic carbocycles. The molecular weight excluding hydrogens is 461 g/mol. The van der Waals surface area contributed by atoms with Crippen molar-refractivity contribution in [1.29, 1.82) is 0 Å². The average Bonchev–Trinajstić information content (AvgIpc) is 3.60. The van der Waals surface area contributed by atoms with E-state index in [1.807, 2.05) is 39.0 Å². The lowest BCUT2D eigenvalue weighted by Crippen LogP contribution is -2.31. The van der Waals surface area contributed by atoms with Gasteiger partial charge in [-0.25, -0.2) is 24.0 Å². The number of pyridine rings is 1. The number of carbonyl (C=O) groups is 1. The molecule has 1 aliphatic carbocycles.